The van der Waals surface area contributed by atoms with Crippen LogP contribution >= 0.6 is 11.6 Å². The molecule has 1 saturated heterocycles. The van der Waals surface area contributed by atoms with E-state index in [2.05, 4.69) is 37.5 Å². The van der Waals surface area contributed by atoms with E-state index in [1.807, 2.05) is 13.1 Å². The molecule has 0 spiro atoms. The number of piperidine rings is 1. The van der Waals surface area contributed by atoms with E-state index < -0.39 is 0 Å². The minimum atomic E-state index is 0.318. The molecule has 4 heterocycles. The van der Waals surface area contributed by atoms with Crippen LogP contribution < -0.4 is 5.32 Å². The summed E-state index contributed by atoms with van der Waals surface area (Å²) in [5.41, 5.74) is 2.30. The summed E-state index contributed by atoms with van der Waals surface area (Å²) >= 11 is 6.33. The number of likely N-dealkylation sites (N-methyl/N-ethyl adjacent to an activating group) is 1. The number of nitrogens with zero attached hydrogens (tertiary/aromatic N) is 7. The average Bonchev–Trinajstić information content (AvgIpc) is 3.05. The van der Waals surface area contributed by atoms with Gasteiger partial charge in [0.1, 0.15) is 23.0 Å². The predicted molar refractivity (Wildman–Crippen MR) is 103 cm³/mol. The summed E-state index contributed by atoms with van der Waals surface area (Å²) in [6, 6.07) is 3.93. The van der Waals surface area contributed by atoms with Crippen LogP contribution in [-0.2, 0) is 7.05 Å². The van der Waals surface area contributed by atoms with E-state index in [1.165, 1.54) is 6.20 Å². The molecule has 0 unspecified atom stereocenters. The van der Waals surface area contributed by atoms with Crippen molar-refractivity contribution < 1.29 is 0 Å². The second-order valence-electron chi connectivity index (χ2n) is 6.84. The molecule has 1 aliphatic rings. The van der Waals surface area contributed by atoms with Gasteiger partial charge < -0.3 is 10.2 Å². The van der Waals surface area contributed by atoms with Crippen molar-refractivity contribution in [2.75, 3.05) is 25.5 Å². The maximum absolute atomic E-state index is 9.01. The molecule has 0 bridgehead atoms. The number of nitriles is 1. The number of anilines is 1. The van der Waals surface area contributed by atoms with E-state index in [4.69, 9.17) is 16.9 Å². The number of rotatable bonds is 3. The molecule has 0 saturated carbocycles. The highest BCUT2D eigenvalue weighted by molar-refractivity contribution is 6.33. The van der Waals surface area contributed by atoms with Gasteiger partial charge in [-0.15, -0.1) is 10.2 Å². The maximum Gasteiger partial charge on any atom is 0.175 e. The summed E-state index contributed by atoms with van der Waals surface area (Å²) < 4.78 is 1.78. The molecule has 27 heavy (non-hydrogen) atoms. The number of aryl methyl sites for hydroxylation is 1. The lowest BCUT2D eigenvalue weighted by Gasteiger charge is -2.30. The van der Waals surface area contributed by atoms with Crippen molar-refractivity contribution in [1.29, 1.82) is 5.26 Å². The van der Waals surface area contributed by atoms with Crippen molar-refractivity contribution >= 4 is 28.3 Å². The first kappa shape index (κ1) is 17.6. The molecule has 9 heteroatoms. The summed E-state index contributed by atoms with van der Waals surface area (Å²) in [7, 11) is 4.00. The van der Waals surface area contributed by atoms with Gasteiger partial charge in [-0.2, -0.15) is 10.4 Å². The number of likely N-dealkylation sites (tertiary alicyclic amines) is 1. The summed E-state index contributed by atoms with van der Waals surface area (Å²) in [6.45, 7) is 2.08. The fraction of sp³-hybridized carbons (Fsp3) is 0.389. The molecular weight excluding hydrogens is 364 g/mol. The van der Waals surface area contributed by atoms with Crippen LogP contribution in [0, 0.1) is 11.3 Å². The number of halogens is 1. The third kappa shape index (κ3) is 3.31. The molecule has 0 aromatic carbocycles. The fourth-order valence-electron chi connectivity index (χ4n) is 3.52. The normalized spacial score (nSPS) is 17.8. The van der Waals surface area contributed by atoms with Crippen LogP contribution in [0.5, 0.6) is 0 Å². The van der Waals surface area contributed by atoms with Crippen LogP contribution in [-0.4, -0.2) is 56.0 Å². The zero-order chi connectivity index (χ0) is 19.0. The molecule has 3 aromatic heterocycles. The van der Waals surface area contributed by atoms with Crippen molar-refractivity contribution in [3.63, 3.8) is 0 Å². The summed E-state index contributed by atoms with van der Waals surface area (Å²) in [5, 5.41) is 26.9. The summed E-state index contributed by atoms with van der Waals surface area (Å²) in [5.74, 6) is 0.707. The van der Waals surface area contributed by atoms with Gasteiger partial charge in [0.15, 0.2) is 5.82 Å². The second kappa shape index (κ2) is 7.10. The maximum atomic E-state index is 9.01. The van der Waals surface area contributed by atoms with Gasteiger partial charge in [0.25, 0.3) is 0 Å². The molecule has 0 amide bonds. The Morgan fingerprint density at radius 3 is 2.85 bits per heavy atom. The molecule has 138 valence electrons. The van der Waals surface area contributed by atoms with Crippen LogP contribution in [0.4, 0.5) is 5.82 Å². The topological polar surface area (TPSA) is 95.5 Å². The van der Waals surface area contributed by atoms with Crippen LogP contribution in [0.1, 0.15) is 18.4 Å². The Balaban J connectivity index is 1.76. The number of hydrogen-bond donors (Lipinski definition) is 1. The molecule has 8 nitrogen and oxygen atoms in total. The fourth-order valence-corrected chi connectivity index (χ4v) is 3.77. The number of nitrogens with one attached hydrogen (secondary N) is 1. The van der Waals surface area contributed by atoms with Gasteiger partial charge in [0.2, 0.25) is 0 Å². The molecule has 1 aliphatic heterocycles. The first-order valence-electron chi connectivity index (χ1n) is 8.76. The first-order valence-corrected chi connectivity index (χ1v) is 9.14. The minimum Gasteiger partial charge on any atom is -0.363 e. The van der Waals surface area contributed by atoms with Crippen molar-refractivity contribution in [3.05, 3.63) is 29.0 Å². The lowest BCUT2D eigenvalue weighted by molar-refractivity contribution is 0.261. The Labute approximate surface area is 161 Å². The number of hydrogen-bond acceptors (Lipinski definition) is 7. The summed E-state index contributed by atoms with van der Waals surface area (Å²) in [4.78, 5) is 6.62. The van der Waals surface area contributed by atoms with E-state index in [9.17, 15) is 0 Å². The van der Waals surface area contributed by atoms with Gasteiger partial charge in [-0.1, -0.05) is 11.6 Å². The van der Waals surface area contributed by atoms with E-state index in [0.717, 1.165) is 36.8 Å². The minimum absolute atomic E-state index is 0.318. The van der Waals surface area contributed by atoms with Crippen molar-refractivity contribution in [2.24, 2.45) is 7.05 Å². The van der Waals surface area contributed by atoms with Gasteiger partial charge in [0.05, 0.1) is 22.2 Å². The molecule has 1 fully saturated rings. The zero-order valence-electron chi connectivity index (χ0n) is 15.1. The second-order valence-corrected chi connectivity index (χ2v) is 7.25. The van der Waals surface area contributed by atoms with E-state index in [-0.39, 0.29) is 0 Å². The quantitative estimate of drug-likeness (QED) is 0.743. The third-order valence-corrected chi connectivity index (χ3v) is 5.12. The van der Waals surface area contributed by atoms with Gasteiger partial charge in [-0.05, 0) is 32.5 Å². The van der Waals surface area contributed by atoms with Gasteiger partial charge in [-0.25, -0.2) is 0 Å². The van der Waals surface area contributed by atoms with Crippen LogP contribution in [0.25, 0.3) is 22.3 Å². The standard InChI is InChI=1S/C18H19ClN8/c1-26-5-3-4-12(10-26)23-18-17-13(9-22-27(17)2)15(24-25-18)16-14(19)6-11(7-20)8-21-16/h6,8-9,12H,3-5,10H2,1-2H3,(H,23,25)/t12-/m1/s1. The van der Waals surface area contributed by atoms with E-state index in [0.29, 0.717) is 33.8 Å². The molecule has 1 atom stereocenters. The van der Waals surface area contributed by atoms with Gasteiger partial charge in [0, 0.05) is 25.8 Å². The number of pyridine rings is 1. The number of fused-ring (bicyclic) bond motifs is 1. The molecule has 4 rings (SSSR count). The first-order chi connectivity index (χ1) is 13.1. The molecular formula is C18H19ClN8. The Morgan fingerprint density at radius 2 is 2.11 bits per heavy atom. The Bertz CT molecular complexity index is 1040. The molecule has 3 aromatic rings. The average molecular weight is 383 g/mol. The Hall–Kier alpha value is -2.76. The molecule has 1 N–H and O–H groups in total. The van der Waals surface area contributed by atoms with Crippen molar-refractivity contribution in [1.82, 2.24) is 29.9 Å². The Morgan fingerprint density at radius 1 is 1.26 bits per heavy atom. The smallest absolute Gasteiger partial charge is 0.175 e. The highest BCUT2D eigenvalue weighted by Gasteiger charge is 2.22. The lowest BCUT2D eigenvalue weighted by Crippen LogP contribution is -2.40. The lowest BCUT2D eigenvalue weighted by atomic mass is 10.1. The van der Waals surface area contributed by atoms with Crippen LogP contribution in [0.2, 0.25) is 5.02 Å². The van der Waals surface area contributed by atoms with Gasteiger partial charge >= 0.3 is 0 Å². The van der Waals surface area contributed by atoms with Crippen LogP contribution in [0.3, 0.4) is 0 Å². The van der Waals surface area contributed by atoms with Crippen LogP contribution in [0.15, 0.2) is 18.5 Å². The third-order valence-electron chi connectivity index (χ3n) is 4.83. The van der Waals surface area contributed by atoms with Gasteiger partial charge in [-0.3, -0.25) is 9.67 Å². The monoisotopic (exact) mass is 382 g/mol. The highest BCUT2D eigenvalue weighted by Crippen LogP contribution is 2.32. The molecule has 0 radical (unpaired) electrons. The largest absolute Gasteiger partial charge is 0.363 e. The molecule has 0 aliphatic carbocycles. The highest BCUT2D eigenvalue weighted by atomic mass is 35.5. The van der Waals surface area contributed by atoms with E-state index >= 15 is 0 Å². The summed E-state index contributed by atoms with van der Waals surface area (Å²) in [6.07, 6.45) is 5.47. The Kier molecular flexibility index (Phi) is 4.64. The van der Waals surface area contributed by atoms with E-state index in [1.54, 1.807) is 16.9 Å². The number of aromatic nitrogens is 5. The SMILES string of the molecule is CN1CCC[C@@H](Nc2nnc(-c3ncc(C#N)cc3Cl)c3cnn(C)c23)C1. The predicted octanol–water partition coefficient (Wildman–Crippen LogP) is 2.46. The van der Waals surface area contributed by atoms with Crippen molar-refractivity contribution in [2.45, 2.75) is 18.9 Å². The van der Waals surface area contributed by atoms with Crippen molar-refractivity contribution in [3.8, 4) is 17.5 Å². The zero-order valence-corrected chi connectivity index (χ0v) is 15.9.